The standard InChI is InChI=1S/C10H13ClFN/c1-6(13)3-8-4-9(11)7(2)10(12)5-8/h4-6H,3,13H2,1-2H3. The molecule has 0 heterocycles. The molecule has 1 unspecified atom stereocenters. The zero-order chi connectivity index (χ0) is 10.0. The molecule has 13 heavy (non-hydrogen) atoms. The van der Waals surface area contributed by atoms with Crippen LogP contribution in [0.2, 0.25) is 5.02 Å². The summed E-state index contributed by atoms with van der Waals surface area (Å²) in [4.78, 5) is 0. The average Bonchev–Trinajstić information content (AvgIpc) is 1.98. The molecule has 1 nitrogen and oxygen atoms in total. The summed E-state index contributed by atoms with van der Waals surface area (Å²) < 4.78 is 13.2. The van der Waals surface area contributed by atoms with Crippen LogP contribution in [0.15, 0.2) is 12.1 Å². The van der Waals surface area contributed by atoms with Crippen LogP contribution >= 0.6 is 11.6 Å². The molecular weight excluding hydrogens is 189 g/mol. The van der Waals surface area contributed by atoms with E-state index in [1.807, 2.05) is 6.92 Å². The van der Waals surface area contributed by atoms with Crippen LogP contribution in [0.5, 0.6) is 0 Å². The molecule has 0 aromatic heterocycles. The largest absolute Gasteiger partial charge is 0.328 e. The molecule has 0 bridgehead atoms. The van der Waals surface area contributed by atoms with Gasteiger partial charge in [-0.1, -0.05) is 11.6 Å². The van der Waals surface area contributed by atoms with Gasteiger partial charge in [-0.2, -0.15) is 0 Å². The SMILES string of the molecule is Cc1c(F)cc(CC(C)N)cc1Cl. The van der Waals surface area contributed by atoms with Crippen molar-refractivity contribution in [2.75, 3.05) is 0 Å². The van der Waals surface area contributed by atoms with Crippen molar-refractivity contribution in [1.29, 1.82) is 0 Å². The number of hydrogen-bond donors (Lipinski definition) is 1. The molecule has 0 amide bonds. The lowest BCUT2D eigenvalue weighted by Crippen LogP contribution is -2.17. The molecule has 0 radical (unpaired) electrons. The third-order valence-corrected chi connectivity index (χ3v) is 2.29. The van der Waals surface area contributed by atoms with Gasteiger partial charge in [-0.3, -0.25) is 0 Å². The number of hydrogen-bond acceptors (Lipinski definition) is 1. The zero-order valence-corrected chi connectivity index (χ0v) is 8.53. The zero-order valence-electron chi connectivity index (χ0n) is 7.77. The Morgan fingerprint density at radius 2 is 2.15 bits per heavy atom. The van der Waals surface area contributed by atoms with E-state index in [-0.39, 0.29) is 11.9 Å². The lowest BCUT2D eigenvalue weighted by atomic mass is 10.1. The smallest absolute Gasteiger partial charge is 0.127 e. The number of nitrogens with two attached hydrogens (primary N) is 1. The first-order valence-corrected chi connectivity index (χ1v) is 4.58. The molecule has 0 fully saturated rings. The highest BCUT2D eigenvalue weighted by Gasteiger charge is 2.06. The molecule has 1 aromatic carbocycles. The van der Waals surface area contributed by atoms with E-state index in [0.717, 1.165) is 5.56 Å². The van der Waals surface area contributed by atoms with Crippen molar-refractivity contribution >= 4 is 11.6 Å². The van der Waals surface area contributed by atoms with Crippen LogP contribution < -0.4 is 5.73 Å². The first-order valence-electron chi connectivity index (χ1n) is 4.21. The molecule has 3 heteroatoms. The van der Waals surface area contributed by atoms with Gasteiger partial charge in [-0.05, 0) is 38.0 Å². The van der Waals surface area contributed by atoms with Crippen molar-refractivity contribution in [3.63, 3.8) is 0 Å². The minimum atomic E-state index is -0.261. The summed E-state index contributed by atoms with van der Waals surface area (Å²) in [5, 5.41) is 0.468. The van der Waals surface area contributed by atoms with Gasteiger partial charge >= 0.3 is 0 Å². The third kappa shape index (κ3) is 2.68. The lowest BCUT2D eigenvalue weighted by Gasteiger charge is -2.07. The minimum absolute atomic E-state index is 0.0261. The van der Waals surface area contributed by atoms with Crippen LogP contribution in [-0.4, -0.2) is 6.04 Å². The molecule has 0 saturated carbocycles. The normalized spacial score (nSPS) is 13.0. The summed E-state index contributed by atoms with van der Waals surface area (Å²) in [5.41, 5.74) is 6.94. The van der Waals surface area contributed by atoms with Crippen LogP contribution in [0.25, 0.3) is 0 Å². The highest BCUT2D eigenvalue weighted by atomic mass is 35.5. The first-order chi connectivity index (χ1) is 6.00. The van der Waals surface area contributed by atoms with Gasteiger partial charge in [-0.25, -0.2) is 4.39 Å². The highest BCUT2D eigenvalue weighted by Crippen LogP contribution is 2.20. The molecule has 1 atom stereocenters. The summed E-state index contributed by atoms with van der Waals surface area (Å²) in [6, 6.07) is 3.28. The molecule has 0 spiro atoms. The number of benzene rings is 1. The van der Waals surface area contributed by atoms with Gasteiger partial charge in [0.1, 0.15) is 5.82 Å². The van der Waals surface area contributed by atoms with Crippen molar-refractivity contribution < 1.29 is 4.39 Å². The lowest BCUT2D eigenvalue weighted by molar-refractivity contribution is 0.614. The van der Waals surface area contributed by atoms with Crippen LogP contribution in [0.4, 0.5) is 4.39 Å². The Balaban J connectivity index is 2.99. The first kappa shape index (κ1) is 10.5. The van der Waals surface area contributed by atoms with Crippen molar-refractivity contribution in [1.82, 2.24) is 0 Å². The van der Waals surface area contributed by atoms with E-state index in [2.05, 4.69) is 0 Å². The Bertz CT molecular complexity index is 287. The molecule has 0 aliphatic carbocycles. The van der Waals surface area contributed by atoms with Gasteiger partial charge in [0.25, 0.3) is 0 Å². The molecule has 2 N–H and O–H groups in total. The van der Waals surface area contributed by atoms with Crippen LogP contribution in [0, 0.1) is 12.7 Å². The Morgan fingerprint density at radius 1 is 1.54 bits per heavy atom. The quantitative estimate of drug-likeness (QED) is 0.783. The third-order valence-electron chi connectivity index (χ3n) is 1.90. The van der Waals surface area contributed by atoms with Crippen LogP contribution in [-0.2, 0) is 6.42 Å². The van der Waals surface area contributed by atoms with E-state index in [1.165, 1.54) is 6.07 Å². The maximum absolute atomic E-state index is 13.2. The van der Waals surface area contributed by atoms with Gasteiger partial charge in [0.2, 0.25) is 0 Å². The Labute approximate surface area is 82.7 Å². The summed E-state index contributed by atoms with van der Waals surface area (Å²) in [6.45, 7) is 3.54. The van der Waals surface area contributed by atoms with Crippen molar-refractivity contribution in [3.8, 4) is 0 Å². The van der Waals surface area contributed by atoms with E-state index in [4.69, 9.17) is 17.3 Å². The number of rotatable bonds is 2. The number of halogens is 2. The molecule has 0 saturated heterocycles. The summed E-state index contributed by atoms with van der Waals surface area (Å²) in [5.74, 6) is -0.261. The monoisotopic (exact) mass is 201 g/mol. The summed E-state index contributed by atoms with van der Waals surface area (Å²) in [6.07, 6.45) is 0.650. The highest BCUT2D eigenvalue weighted by molar-refractivity contribution is 6.31. The molecule has 0 aliphatic heterocycles. The van der Waals surface area contributed by atoms with Crippen molar-refractivity contribution in [3.05, 3.63) is 34.1 Å². The predicted octanol–water partition coefficient (Wildman–Crippen LogP) is 2.68. The topological polar surface area (TPSA) is 26.0 Å². The van der Waals surface area contributed by atoms with Gasteiger partial charge in [0, 0.05) is 16.6 Å². The van der Waals surface area contributed by atoms with E-state index in [1.54, 1.807) is 13.0 Å². The van der Waals surface area contributed by atoms with Crippen LogP contribution in [0.3, 0.4) is 0 Å². The van der Waals surface area contributed by atoms with Gasteiger partial charge < -0.3 is 5.73 Å². The fraction of sp³-hybridized carbons (Fsp3) is 0.400. The maximum atomic E-state index is 13.2. The van der Waals surface area contributed by atoms with Gasteiger partial charge in [0.15, 0.2) is 0 Å². The van der Waals surface area contributed by atoms with Gasteiger partial charge in [0.05, 0.1) is 0 Å². The van der Waals surface area contributed by atoms with Crippen molar-refractivity contribution in [2.24, 2.45) is 5.73 Å². The molecular formula is C10H13ClFN. The predicted molar refractivity (Wildman–Crippen MR) is 53.5 cm³/mol. The molecule has 0 aliphatic rings. The van der Waals surface area contributed by atoms with Gasteiger partial charge in [-0.15, -0.1) is 0 Å². The molecule has 72 valence electrons. The van der Waals surface area contributed by atoms with E-state index < -0.39 is 0 Å². The Hall–Kier alpha value is -0.600. The second-order valence-electron chi connectivity index (χ2n) is 3.37. The fourth-order valence-electron chi connectivity index (χ4n) is 1.19. The second kappa shape index (κ2) is 4.07. The van der Waals surface area contributed by atoms with E-state index >= 15 is 0 Å². The summed E-state index contributed by atoms with van der Waals surface area (Å²) in [7, 11) is 0. The fourth-order valence-corrected chi connectivity index (χ4v) is 1.42. The molecule has 1 aromatic rings. The molecule has 1 rings (SSSR count). The van der Waals surface area contributed by atoms with E-state index in [9.17, 15) is 4.39 Å². The Morgan fingerprint density at radius 3 is 2.62 bits per heavy atom. The Kier molecular flexibility index (Phi) is 3.28. The second-order valence-corrected chi connectivity index (χ2v) is 3.77. The summed E-state index contributed by atoms with van der Waals surface area (Å²) >= 11 is 5.82. The van der Waals surface area contributed by atoms with E-state index in [0.29, 0.717) is 17.0 Å². The van der Waals surface area contributed by atoms with Crippen LogP contribution in [0.1, 0.15) is 18.1 Å². The average molecular weight is 202 g/mol. The maximum Gasteiger partial charge on any atom is 0.127 e. The minimum Gasteiger partial charge on any atom is -0.328 e. The van der Waals surface area contributed by atoms with Crippen molar-refractivity contribution in [2.45, 2.75) is 26.3 Å².